The molecule has 1 amide bonds. The minimum atomic E-state index is -0.189. The summed E-state index contributed by atoms with van der Waals surface area (Å²) in [4.78, 5) is 16.3. The molecule has 1 aliphatic carbocycles. The van der Waals surface area contributed by atoms with Crippen molar-refractivity contribution in [3.63, 3.8) is 0 Å². The SMILES string of the molecule is CC(NCc1cn2ccccc2n1)C(=O)NC1CC1. The van der Waals surface area contributed by atoms with Gasteiger partial charge in [0.25, 0.3) is 0 Å². The first-order valence-corrected chi connectivity index (χ1v) is 6.69. The largest absolute Gasteiger partial charge is 0.352 e. The van der Waals surface area contributed by atoms with Gasteiger partial charge >= 0.3 is 0 Å². The highest BCUT2D eigenvalue weighted by atomic mass is 16.2. The summed E-state index contributed by atoms with van der Waals surface area (Å²) in [5.74, 6) is 0.0752. The first-order chi connectivity index (χ1) is 9.22. The van der Waals surface area contributed by atoms with Gasteiger partial charge in [-0.3, -0.25) is 4.79 Å². The average molecular weight is 258 g/mol. The van der Waals surface area contributed by atoms with Crippen molar-refractivity contribution in [1.82, 2.24) is 20.0 Å². The van der Waals surface area contributed by atoms with E-state index in [1.165, 1.54) is 0 Å². The van der Waals surface area contributed by atoms with Crippen LogP contribution in [0.5, 0.6) is 0 Å². The van der Waals surface area contributed by atoms with Crippen molar-refractivity contribution in [2.45, 2.75) is 38.4 Å². The zero-order valence-corrected chi connectivity index (χ0v) is 11.0. The number of aromatic nitrogens is 2. The van der Waals surface area contributed by atoms with Crippen LogP contribution < -0.4 is 10.6 Å². The van der Waals surface area contributed by atoms with Crippen LogP contribution in [0, 0.1) is 0 Å². The number of rotatable bonds is 5. The van der Waals surface area contributed by atoms with Crippen LogP contribution in [-0.4, -0.2) is 27.4 Å². The lowest BCUT2D eigenvalue weighted by atomic mass is 10.3. The molecule has 0 aliphatic heterocycles. The summed E-state index contributed by atoms with van der Waals surface area (Å²) < 4.78 is 1.98. The van der Waals surface area contributed by atoms with E-state index in [4.69, 9.17) is 0 Å². The van der Waals surface area contributed by atoms with Crippen molar-refractivity contribution >= 4 is 11.6 Å². The summed E-state index contributed by atoms with van der Waals surface area (Å²) in [6, 6.07) is 6.12. The number of nitrogens with zero attached hydrogens (tertiary/aromatic N) is 2. The number of pyridine rings is 1. The molecule has 0 radical (unpaired) electrons. The fourth-order valence-electron chi connectivity index (χ4n) is 1.98. The van der Waals surface area contributed by atoms with E-state index in [0.717, 1.165) is 24.2 Å². The van der Waals surface area contributed by atoms with Crippen molar-refractivity contribution in [2.75, 3.05) is 0 Å². The molecular weight excluding hydrogens is 240 g/mol. The lowest BCUT2D eigenvalue weighted by molar-refractivity contribution is -0.122. The molecule has 2 N–H and O–H groups in total. The van der Waals surface area contributed by atoms with E-state index < -0.39 is 0 Å². The first-order valence-electron chi connectivity index (χ1n) is 6.69. The van der Waals surface area contributed by atoms with Gasteiger partial charge in [-0.15, -0.1) is 0 Å². The molecule has 1 unspecified atom stereocenters. The number of carbonyl (C=O) groups is 1. The Balaban J connectivity index is 1.57. The standard InChI is InChI=1S/C14H18N4O/c1-10(14(19)17-11-5-6-11)15-8-12-9-18-7-3-2-4-13(18)16-12/h2-4,7,9-11,15H,5-6,8H2,1H3,(H,17,19). The molecule has 2 aromatic heterocycles. The highest BCUT2D eigenvalue weighted by Crippen LogP contribution is 2.18. The molecule has 1 fully saturated rings. The van der Waals surface area contributed by atoms with E-state index in [-0.39, 0.29) is 11.9 Å². The van der Waals surface area contributed by atoms with Crippen LogP contribution >= 0.6 is 0 Å². The van der Waals surface area contributed by atoms with Crippen LogP contribution in [0.25, 0.3) is 5.65 Å². The number of nitrogens with one attached hydrogen (secondary N) is 2. The van der Waals surface area contributed by atoms with Gasteiger partial charge in [0.2, 0.25) is 5.91 Å². The highest BCUT2D eigenvalue weighted by Gasteiger charge is 2.25. The number of fused-ring (bicyclic) bond motifs is 1. The number of imidazole rings is 1. The Labute approximate surface area is 112 Å². The summed E-state index contributed by atoms with van der Waals surface area (Å²) in [5.41, 5.74) is 1.87. The lowest BCUT2D eigenvalue weighted by Crippen LogP contribution is -2.42. The molecule has 3 rings (SSSR count). The molecule has 0 aromatic carbocycles. The molecule has 0 saturated heterocycles. The zero-order valence-electron chi connectivity index (χ0n) is 11.0. The van der Waals surface area contributed by atoms with Gasteiger partial charge in [0.15, 0.2) is 0 Å². The molecule has 19 heavy (non-hydrogen) atoms. The predicted molar refractivity (Wildman–Crippen MR) is 72.7 cm³/mol. The molecule has 1 atom stereocenters. The van der Waals surface area contributed by atoms with Gasteiger partial charge in [-0.25, -0.2) is 4.98 Å². The molecule has 100 valence electrons. The van der Waals surface area contributed by atoms with E-state index in [1.807, 2.05) is 41.9 Å². The Morgan fingerprint density at radius 1 is 1.53 bits per heavy atom. The summed E-state index contributed by atoms with van der Waals surface area (Å²) in [5, 5.41) is 6.19. The molecular formula is C14H18N4O. The molecule has 0 spiro atoms. The van der Waals surface area contributed by atoms with Crippen LogP contribution in [0.15, 0.2) is 30.6 Å². The third-order valence-electron chi connectivity index (χ3n) is 3.32. The van der Waals surface area contributed by atoms with Crippen molar-refractivity contribution in [3.8, 4) is 0 Å². The molecule has 2 heterocycles. The molecule has 1 saturated carbocycles. The van der Waals surface area contributed by atoms with Gasteiger partial charge < -0.3 is 15.0 Å². The van der Waals surface area contributed by atoms with E-state index in [1.54, 1.807) is 0 Å². The van der Waals surface area contributed by atoms with Crippen molar-refractivity contribution < 1.29 is 4.79 Å². The van der Waals surface area contributed by atoms with Crippen molar-refractivity contribution in [3.05, 3.63) is 36.3 Å². The monoisotopic (exact) mass is 258 g/mol. The number of hydrogen-bond donors (Lipinski definition) is 2. The van der Waals surface area contributed by atoms with E-state index in [0.29, 0.717) is 12.6 Å². The van der Waals surface area contributed by atoms with Gasteiger partial charge in [0, 0.05) is 25.0 Å². The normalized spacial score (nSPS) is 16.5. The van der Waals surface area contributed by atoms with E-state index in [2.05, 4.69) is 15.6 Å². The number of amides is 1. The first kappa shape index (κ1) is 12.2. The Morgan fingerprint density at radius 2 is 2.37 bits per heavy atom. The Bertz CT molecular complexity index is 555. The Hall–Kier alpha value is -1.88. The van der Waals surface area contributed by atoms with Crippen LogP contribution in [-0.2, 0) is 11.3 Å². The average Bonchev–Trinajstić information content (AvgIpc) is 3.12. The Kier molecular flexibility index (Phi) is 3.21. The topological polar surface area (TPSA) is 58.4 Å². The summed E-state index contributed by atoms with van der Waals surface area (Å²) in [6.45, 7) is 2.48. The predicted octanol–water partition coefficient (Wildman–Crippen LogP) is 1.09. The minimum absolute atomic E-state index is 0.0752. The van der Waals surface area contributed by atoms with E-state index in [9.17, 15) is 4.79 Å². The lowest BCUT2D eigenvalue weighted by Gasteiger charge is -2.12. The fraction of sp³-hybridized carbons (Fsp3) is 0.429. The van der Waals surface area contributed by atoms with E-state index >= 15 is 0 Å². The van der Waals surface area contributed by atoms with Crippen LogP contribution in [0.4, 0.5) is 0 Å². The summed E-state index contributed by atoms with van der Waals surface area (Å²) >= 11 is 0. The molecule has 1 aliphatic rings. The second-order valence-corrected chi connectivity index (χ2v) is 5.08. The maximum atomic E-state index is 11.8. The quantitative estimate of drug-likeness (QED) is 0.844. The molecule has 2 aromatic rings. The summed E-state index contributed by atoms with van der Waals surface area (Å²) in [6.07, 6.45) is 6.18. The molecule has 5 heteroatoms. The third-order valence-corrected chi connectivity index (χ3v) is 3.32. The second kappa shape index (κ2) is 5.01. The minimum Gasteiger partial charge on any atom is -0.352 e. The van der Waals surface area contributed by atoms with Gasteiger partial charge in [-0.2, -0.15) is 0 Å². The Morgan fingerprint density at radius 3 is 3.11 bits per heavy atom. The number of hydrogen-bond acceptors (Lipinski definition) is 3. The van der Waals surface area contributed by atoms with Gasteiger partial charge in [0.1, 0.15) is 5.65 Å². The van der Waals surface area contributed by atoms with Crippen molar-refractivity contribution in [2.24, 2.45) is 0 Å². The van der Waals surface area contributed by atoms with Gasteiger partial charge in [-0.05, 0) is 31.9 Å². The smallest absolute Gasteiger partial charge is 0.237 e. The maximum Gasteiger partial charge on any atom is 0.237 e. The molecule has 5 nitrogen and oxygen atoms in total. The molecule has 0 bridgehead atoms. The van der Waals surface area contributed by atoms with Crippen LogP contribution in [0.3, 0.4) is 0 Å². The second-order valence-electron chi connectivity index (χ2n) is 5.08. The van der Waals surface area contributed by atoms with Crippen molar-refractivity contribution in [1.29, 1.82) is 0 Å². The van der Waals surface area contributed by atoms with Gasteiger partial charge in [-0.1, -0.05) is 6.07 Å². The zero-order chi connectivity index (χ0) is 13.2. The maximum absolute atomic E-state index is 11.8. The summed E-state index contributed by atoms with van der Waals surface area (Å²) in [7, 11) is 0. The third kappa shape index (κ3) is 2.93. The number of carbonyl (C=O) groups excluding carboxylic acids is 1. The van der Waals surface area contributed by atoms with Gasteiger partial charge in [0.05, 0.1) is 11.7 Å². The fourth-order valence-corrected chi connectivity index (χ4v) is 1.98. The van der Waals surface area contributed by atoms with Crippen LogP contribution in [0.2, 0.25) is 0 Å². The van der Waals surface area contributed by atoms with Crippen LogP contribution in [0.1, 0.15) is 25.5 Å². The highest BCUT2D eigenvalue weighted by molar-refractivity contribution is 5.81.